The standard InChI is InChI=1S/C24H30N8/c1-19-13-23(17-25-15-21-7-3-5-9-27-21)29-31(19)11-12-32-20(2)14-24(30-32)18-26-16-22-8-4-6-10-28-22/h3-10,13-14,25-26H,11-12,15-18H2,1-2H3. The van der Waals surface area contributed by atoms with Crippen LogP contribution in [-0.4, -0.2) is 29.5 Å². The summed E-state index contributed by atoms with van der Waals surface area (Å²) < 4.78 is 4.11. The number of hydrogen-bond acceptors (Lipinski definition) is 6. The summed E-state index contributed by atoms with van der Waals surface area (Å²) in [4.78, 5) is 8.67. The zero-order valence-corrected chi connectivity index (χ0v) is 18.7. The fourth-order valence-electron chi connectivity index (χ4n) is 3.61. The Kier molecular flexibility index (Phi) is 7.37. The van der Waals surface area contributed by atoms with Gasteiger partial charge in [0.1, 0.15) is 0 Å². The van der Waals surface area contributed by atoms with Crippen LogP contribution >= 0.6 is 0 Å². The molecule has 0 radical (unpaired) electrons. The van der Waals surface area contributed by atoms with Gasteiger partial charge >= 0.3 is 0 Å². The van der Waals surface area contributed by atoms with Gasteiger partial charge in [-0.15, -0.1) is 0 Å². The molecule has 0 aliphatic heterocycles. The van der Waals surface area contributed by atoms with Gasteiger partial charge in [-0.25, -0.2) is 0 Å². The molecule has 2 N–H and O–H groups in total. The number of pyridine rings is 2. The highest BCUT2D eigenvalue weighted by Crippen LogP contribution is 2.07. The Hall–Kier alpha value is -3.36. The fourth-order valence-corrected chi connectivity index (χ4v) is 3.61. The van der Waals surface area contributed by atoms with Crippen LogP contribution < -0.4 is 10.6 Å². The van der Waals surface area contributed by atoms with Crippen molar-refractivity contribution < 1.29 is 0 Å². The second-order valence-electron chi connectivity index (χ2n) is 7.85. The van der Waals surface area contributed by atoms with Crippen LogP contribution in [0.1, 0.15) is 34.2 Å². The summed E-state index contributed by atoms with van der Waals surface area (Å²) in [5.74, 6) is 0. The summed E-state index contributed by atoms with van der Waals surface area (Å²) in [5, 5.41) is 16.3. The Balaban J connectivity index is 1.25. The van der Waals surface area contributed by atoms with Crippen molar-refractivity contribution in [3.05, 3.63) is 95.1 Å². The summed E-state index contributed by atoms with van der Waals surface area (Å²) in [6, 6.07) is 16.2. The molecule has 0 spiro atoms. The number of rotatable bonds is 11. The van der Waals surface area contributed by atoms with Crippen molar-refractivity contribution in [2.24, 2.45) is 0 Å². The Bertz CT molecular complexity index is 1010. The van der Waals surface area contributed by atoms with E-state index in [1.54, 1.807) is 0 Å². The van der Waals surface area contributed by atoms with Crippen molar-refractivity contribution >= 4 is 0 Å². The van der Waals surface area contributed by atoms with E-state index in [1.165, 1.54) is 0 Å². The lowest BCUT2D eigenvalue weighted by Crippen LogP contribution is -2.16. The van der Waals surface area contributed by atoms with Gasteiger partial charge in [0.15, 0.2) is 0 Å². The van der Waals surface area contributed by atoms with Gasteiger partial charge < -0.3 is 10.6 Å². The molecular weight excluding hydrogens is 400 g/mol. The summed E-state index contributed by atoms with van der Waals surface area (Å²) in [6.45, 7) is 8.67. The van der Waals surface area contributed by atoms with Gasteiger partial charge in [-0.1, -0.05) is 12.1 Å². The molecule has 0 fully saturated rings. The maximum absolute atomic E-state index is 4.75. The Morgan fingerprint density at radius 1 is 0.625 bits per heavy atom. The zero-order chi connectivity index (χ0) is 22.2. The van der Waals surface area contributed by atoms with Crippen LogP contribution in [-0.2, 0) is 39.3 Å². The first kappa shape index (κ1) is 21.9. The van der Waals surface area contributed by atoms with E-state index in [9.17, 15) is 0 Å². The van der Waals surface area contributed by atoms with E-state index in [2.05, 4.69) is 55.9 Å². The van der Waals surface area contributed by atoms with Crippen molar-refractivity contribution in [2.45, 2.75) is 53.1 Å². The Labute approximate surface area is 188 Å². The van der Waals surface area contributed by atoms with Crippen molar-refractivity contribution in [1.29, 1.82) is 0 Å². The van der Waals surface area contributed by atoms with E-state index >= 15 is 0 Å². The molecule has 4 rings (SSSR count). The molecule has 32 heavy (non-hydrogen) atoms. The van der Waals surface area contributed by atoms with E-state index in [1.807, 2.05) is 48.8 Å². The first-order chi connectivity index (χ1) is 15.7. The lowest BCUT2D eigenvalue weighted by Gasteiger charge is -2.07. The van der Waals surface area contributed by atoms with Crippen LogP contribution in [0, 0.1) is 13.8 Å². The highest BCUT2D eigenvalue weighted by atomic mass is 15.3. The fraction of sp³-hybridized carbons (Fsp3) is 0.333. The molecule has 0 unspecified atom stereocenters. The van der Waals surface area contributed by atoms with Gasteiger partial charge in [-0.2, -0.15) is 10.2 Å². The predicted molar refractivity (Wildman–Crippen MR) is 123 cm³/mol. The minimum Gasteiger partial charge on any atom is -0.305 e. The molecule has 8 heteroatoms. The number of hydrogen-bond donors (Lipinski definition) is 2. The maximum atomic E-state index is 4.75. The summed E-state index contributed by atoms with van der Waals surface area (Å²) in [6.07, 6.45) is 3.63. The third kappa shape index (κ3) is 6.09. The number of aryl methyl sites for hydroxylation is 4. The average molecular weight is 431 g/mol. The second-order valence-corrected chi connectivity index (χ2v) is 7.85. The summed E-state index contributed by atoms with van der Waals surface area (Å²) in [7, 11) is 0. The van der Waals surface area contributed by atoms with Crippen LogP contribution in [0.5, 0.6) is 0 Å². The van der Waals surface area contributed by atoms with Crippen molar-refractivity contribution in [3.8, 4) is 0 Å². The maximum Gasteiger partial charge on any atom is 0.0765 e. The molecular formula is C24H30N8. The third-order valence-electron chi connectivity index (χ3n) is 5.26. The van der Waals surface area contributed by atoms with E-state index in [-0.39, 0.29) is 0 Å². The normalized spacial score (nSPS) is 11.2. The Morgan fingerprint density at radius 3 is 1.47 bits per heavy atom. The van der Waals surface area contributed by atoms with Crippen LogP contribution in [0.3, 0.4) is 0 Å². The molecule has 0 bridgehead atoms. The molecule has 0 atom stereocenters. The van der Waals surface area contributed by atoms with Gasteiger partial charge in [0.05, 0.1) is 35.9 Å². The minimum atomic E-state index is 0.720. The van der Waals surface area contributed by atoms with E-state index in [0.29, 0.717) is 0 Å². The lowest BCUT2D eigenvalue weighted by molar-refractivity contribution is 0.476. The first-order valence-corrected chi connectivity index (χ1v) is 11.0. The highest BCUT2D eigenvalue weighted by Gasteiger charge is 2.08. The number of nitrogens with one attached hydrogen (secondary N) is 2. The van der Waals surface area contributed by atoms with Crippen LogP contribution in [0.25, 0.3) is 0 Å². The zero-order valence-electron chi connectivity index (χ0n) is 18.7. The van der Waals surface area contributed by atoms with Gasteiger partial charge in [-0.3, -0.25) is 19.3 Å². The molecule has 8 nitrogen and oxygen atoms in total. The predicted octanol–water partition coefficient (Wildman–Crippen LogP) is 2.77. The SMILES string of the molecule is Cc1cc(CNCc2ccccn2)nn1CCn1nc(CNCc2ccccn2)cc1C. The molecule has 0 aliphatic carbocycles. The summed E-state index contributed by atoms with van der Waals surface area (Å²) >= 11 is 0. The topological polar surface area (TPSA) is 85.5 Å². The van der Waals surface area contributed by atoms with Crippen molar-refractivity contribution in [1.82, 2.24) is 40.2 Å². The molecule has 4 aromatic heterocycles. The van der Waals surface area contributed by atoms with Gasteiger partial charge in [0.2, 0.25) is 0 Å². The molecule has 0 aliphatic rings. The van der Waals surface area contributed by atoms with E-state index < -0.39 is 0 Å². The highest BCUT2D eigenvalue weighted by molar-refractivity contribution is 5.11. The number of aromatic nitrogens is 6. The van der Waals surface area contributed by atoms with Gasteiger partial charge in [-0.05, 0) is 50.2 Å². The summed E-state index contributed by atoms with van der Waals surface area (Å²) in [5.41, 5.74) is 6.44. The van der Waals surface area contributed by atoms with Crippen LogP contribution in [0.4, 0.5) is 0 Å². The van der Waals surface area contributed by atoms with Gasteiger partial charge in [0, 0.05) is 50.0 Å². The molecule has 0 amide bonds. The lowest BCUT2D eigenvalue weighted by atomic mass is 10.3. The van der Waals surface area contributed by atoms with Crippen molar-refractivity contribution in [3.63, 3.8) is 0 Å². The number of nitrogens with zero attached hydrogens (tertiary/aromatic N) is 6. The average Bonchev–Trinajstić information content (AvgIpc) is 3.35. The van der Waals surface area contributed by atoms with Gasteiger partial charge in [0.25, 0.3) is 0 Å². The first-order valence-electron chi connectivity index (χ1n) is 11.0. The molecule has 0 saturated carbocycles. The van der Waals surface area contributed by atoms with E-state index in [4.69, 9.17) is 10.2 Å². The third-order valence-corrected chi connectivity index (χ3v) is 5.26. The largest absolute Gasteiger partial charge is 0.305 e. The van der Waals surface area contributed by atoms with E-state index in [0.717, 1.165) is 73.4 Å². The molecule has 0 aromatic carbocycles. The van der Waals surface area contributed by atoms with Crippen LogP contribution in [0.2, 0.25) is 0 Å². The Morgan fingerprint density at radius 2 is 1.06 bits per heavy atom. The van der Waals surface area contributed by atoms with Crippen LogP contribution in [0.15, 0.2) is 60.9 Å². The molecule has 4 aromatic rings. The smallest absolute Gasteiger partial charge is 0.0765 e. The monoisotopic (exact) mass is 430 g/mol. The molecule has 0 saturated heterocycles. The molecule has 166 valence electrons. The molecule has 4 heterocycles. The van der Waals surface area contributed by atoms with Crippen molar-refractivity contribution in [2.75, 3.05) is 0 Å². The quantitative estimate of drug-likeness (QED) is 0.381. The second kappa shape index (κ2) is 10.8. The minimum absolute atomic E-state index is 0.720.